The Morgan fingerprint density at radius 3 is 2.33 bits per heavy atom. The summed E-state index contributed by atoms with van der Waals surface area (Å²) in [6, 6.07) is 7.25. The maximum absolute atomic E-state index is 12.8. The van der Waals surface area contributed by atoms with Crippen molar-refractivity contribution in [3.05, 3.63) is 35.4 Å². The second kappa shape index (κ2) is 6.18. The molecule has 2 aliphatic heterocycles. The maximum Gasteiger partial charge on any atom is 0.261 e. The number of rotatable bonds is 4. The molecular formula is C22H28N2O3. The SMILES string of the molecule is CC1(C)C[C@H]2C[C@@](C)(CN2C(=O)CCCN2C(=O)c3ccccc3C2=O)C1. The van der Waals surface area contributed by atoms with Gasteiger partial charge in [0, 0.05) is 25.6 Å². The van der Waals surface area contributed by atoms with Crippen molar-refractivity contribution in [1.82, 2.24) is 9.80 Å². The van der Waals surface area contributed by atoms with E-state index >= 15 is 0 Å². The number of benzene rings is 1. The third-order valence-corrected chi connectivity index (χ3v) is 6.39. The summed E-state index contributed by atoms with van der Waals surface area (Å²) in [5, 5.41) is 0. The van der Waals surface area contributed by atoms with Gasteiger partial charge in [-0.1, -0.05) is 32.9 Å². The molecule has 1 saturated carbocycles. The summed E-state index contributed by atoms with van der Waals surface area (Å²) in [5.74, 6) is -0.318. The van der Waals surface area contributed by atoms with Gasteiger partial charge in [-0.25, -0.2) is 0 Å². The minimum absolute atomic E-state index is 0.165. The molecule has 2 fully saturated rings. The van der Waals surface area contributed by atoms with Gasteiger partial charge in [-0.3, -0.25) is 19.3 Å². The molecule has 0 unspecified atom stereocenters. The zero-order chi connectivity index (χ0) is 19.4. The Morgan fingerprint density at radius 1 is 1.07 bits per heavy atom. The molecule has 0 radical (unpaired) electrons. The van der Waals surface area contributed by atoms with Gasteiger partial charge in [0.15, 0.2) is 0 Å². The predicted octanol–water partition coefficient (Wildman–Crippen LogP) is 3.49. The van der Waals surface area contributed by atoms with E-state index in [-0.39, 0.29) is 28.6 Å². The van der Waals surface area contributed by atoms with Gasteiger partial charge in [0.25, 0.3) is 11.8 Å². The van der Waals surface area contributed by atoms with Gasteiger partial charge in [0.05, 0.1) is 11.1 Å². The topological polar surface area (TPSA) is 57.7 Å². The Balaban J connectivity index is 1.35. The van der Waals surface area contributed by atoms with Gasteiger partial charge in [-0.05, 0) is 48.6 Å². The highest BCUT2D eigenvalue weighted by atomic mass is 16.2. The molecule has 0 aromatic heterocycles. The lowest BCUT2D eigenvalue weighted by Crippen LogP contribution is -2.38. The average Bonchev–Trinajstić information content (AvgIpc) is 2.99. The van der Waals surface area contributed by atoms with Crippen LogP contribution >= 0.6 is 0 Å². The fourth-order valence-electron chi connectivity index (χ4n) is 5.73. The summed E-state index contributed by atoms with van der Waals surface area (Å²) in [6.45, 7) is 8.04. The maximum atomic E-state index is 12.8. The molecule has 5 nitrogen and oxygen atoms in total. The molecule has 1 aromatic carbocycles. The van der Waals surface area contributed by atoms with Crippen LogP contribution in [0.25, 0.3) is 0 Å². The zero-order valence-electron chi connectivity index (χ0n) is 16.5. The van der Waals surface area contributed by atoms with Crippen molar-refractivity contribution in [3.63, 3.8) is 0 Å². The van der Waals surface area contributed by atoms with E-state index < -0.39 is 0 Å². The summed E-state index contributed by atoms with van der Waals surface area (Å²) in [5.41, 5.74) is 1.45. The highest BCUT2D eigenvalue weighted by molar-refractivity contribution is 6.21. The van der Waals surface area contributed by atoms with Crippen LogP contribution in [0.5, 0.6) is 0 Å². The van der Waals surface area contributed by atoms with Crippen molar-refractivity contribution in [1.29, 1.82) is 0 Å². The molecule has 1 aromatic rings. The number of nitrogens with zero attached hydrogens (tertiary/aromatic N) is 2. The highest BCUT2D eigenvalue weighted by Gasteiger charge is 2.50. The summed E-state index contributed by atoms with van der Waals surface area (Å²) in [4.78, 5) is 41.0. The van der Waals surface area contributed by atoms with Gasteiger partial charge < -0.3 is 4.90 Å². The molecule has 0 N–H and O–H groups in total. The van der Waals surface area contributed by atoms with Crippen LogP contribution in [0.4, 0.5) is 0 Å². The number of carbonyl (C=O) groups excluding carboxylic acids is 3. The number of carbonyl (C=O) groups is 3. The van der Waals surface area contributed by atoms with Gasteiger partial charge in [0.1, 0.15) is 0 Å². The van der Waals surface area contributed by atoms with E-state index in [1.54, 1.807) is 24.3 Å². The smallest absolute Gasteiger partial charge is 0.261 e. The van der Waals surface area contributed by atoms with Crippen molar-refractivity contribution < 1.29 is 14.4 Å². The van der Waals surface area contributed by atoms with E-state index in [0.717, 1.165) is 25.8 Å². The third kappa shape index (κ3) is 3.17. The second-order valence-corrected chi connectivity index (χ2v) is 9.65. The predicted molar refractivity (Wildman–Crippen MR) is 102 cm³/mol. The largest absolute Gasteiger partial charge is 0.339 e. The number of fused-ring (bicyclic) bond motifs is 3. The van der Waals surface area contributed by atoms with Gasteiger partial charge in [-0.2, -0.15) is 0 Å². The second-order valence-electron chi connectivity index (χ2n) is 9.65. The first kappa shape index (κ1) is 18.2. The van der Waals surface area contributed by atoms with Crippen LogP contribution < -0.4 is 0 Å². The molecule has 1 aliphatic carbocycles. The van der Waals surface area contributed by atoms with Crippen molar-refractivity contribution in [2.45, 2.75) is 58.9 Å². The molecular weight excluding hydrogens is 340 g/mol. The summed E-state index contributed by atoms with van der Waals surface area (Å²) < 4.78 is 0. The Labute approximate surface area is 160 Å². The lowest BCUT2D eigenvalue weighted by atomic mass is 9.65. The standard InChI is InChI=1S/C22H28N2O3/c1-21(2)11-15-12-22(3,13-21)14-24(15)18(25)9-6-10-23-19(26)16-7-4-5-8-17(16)20(23)27/h4-5,7-8,15H,6,9-14H2,1-3H3/t15-,22+/m0/s1. The van der Waals surface area contributed by atoms with Crippen molar-refractivity contribution in [3.8, 4) is 0 Å². The number of hydrogen-bond acceptors (Lipinski definition) is 3. The molecule has 2 bridgehead atoms. The van der Waals surface area contributed by atoms with Crippen LogP contribution in [0.1, 0.15) is 73.6 Å². The minimum atomic E-state index is -0.241. The molecule has 144 valence electrons. The van der Waals surface area contributed by atoms with E-state index in [1.807, 2.05) is 0 Å². The van der Waals surface area contributed by atoms with Crippen molar-refractivity contribution in [2.75, 3.05) is 13.1 Å². The molecule has 0 spiro atoms. The number of amides is 3. The molecule has 27 heavy (non-hydrogen) atoms. The molecule has 3 amide bonds. The van der Waals surface area contributed by atoms with Crippen LogP contribution in [-0.2, 0) is 4.79 Å². The number of imide groups is 1. The Bertz CT molecular complexity index is 781. The quantitative estimate of drug-likeness (QED) is 0.765. The van der Waals surface area contributed by atoms with E-state index in [0.29, 0.717) is 36.6 Å². The first-order chi connectivity index (χ1) is 12.7. The Hall–Kier alpha value is -2.17. The third-order valence-electron chi connectivity index (χ3n) is 6.39. The Kier molecular flexibility index (Phi) is 4.17. The fourth-order valence-corrected chi connectivity index (χ4v) is 5.73. The summed E-state index contributed by atoms with van der Waals surface area (Å²) >= 11 is 0. The molecule has 1 saturated heterocycles. The van der Waals surface area contributed by atoms with E-state index in [4.69, 9.17) is 0 Å². The number of likely N-dealkylation sites (tertiary alicyclic amines) is 1. The lowest BCUT2D eigenvalue weighted by Gasteiger charge is -2.39. The zero-order valence-corrected chi connectivity index (χ0v) is 16.5. The minimum Gasteiger partial charge on any atom is -0.339 e. The van der Waals surface area contributed by atoms with Gasteiger partial charge >= 0.3 is 0 Å². The van der Waals surface area contributed by atoms with Crippen LogP contribution in [0.3, 0.4) is 0 Å². The lowest BCUT2D eigenvalue weighted by molar-refractivity contribution is -0.132. The number of hydrogen-bond donors (Lipinski definition) is 0. The normalized spacial score (nSPS) is 28.6. The first-order valence-corrected chi connectivity index (χ1v) is 9.94. The van der Waals surface area contributed by atoms with E-state index in [9.17, 15) is 14.4 Å². The fraction of sp³-hybridized carbons (Fsp3) is 0.591. The molecule has 2 heterocycles. The van der Waals surface area contributed by atoms with Crippen LogP contribution in [0.15, 0.2) is 24.3 Å². The van der Waals surface area contributed by atoms with Crippen molar-refractivity contribution >= 4 is 17.7 Å². The van der Waals surface area contributed by atoms with Crippen LogP contribution in [-0.4, -0.2) is 46.7 Å². The van der Waals surface area contributed by atoms with Gasteiger partial charge in [-0.15, -0.1) is 0 Å². The molecule has 3 aliphatic rings. The van der Waals surface area contributed by atoms with Crippen LogP contribution in [0, 0.1) is 10.8 Å². The van der Waals surface area contributed by atoms with Gasteiger partial charge in [0.2, 0.25) is 5.91 Å². The Morgan fingerprint density at radius 2 is 1.70 bits per heavy atom. The molecule has 2 atom stereocenters. The molecule has 5 heteroatoms. The molecule has 4 rings (SSSR count). The van der Waals surface area contributed by atoms with Crippen molar-refractivity contribution in [2.24, 2.45) is 10.8 Å². The van der Waals surface area contributed by atoms with E-state index in [2.05, 4.69) is 25.7 Å². The van der Waals surface area contributed by atoms with Crippen LogP contribution in [0.2, 0.25) is 0 Å². The first-order valence-electron chi connectivity index (χ1n) is 9.94. The monoisotopic (exact) mass is 368 g/mol. The highest BCUT2D eigenvalue weighted by Crippen LogP contribution is 2.52. The average molecular weight is 368 g/mol. The summed E-state index contributed by atoms with van der Waals surface area (Å²) in [6.07, 6.45) is 4.23. The summed E-state index contributed by atoms with van der Waals surface area (Å²) in [7, 11) is 0. The van der Waals surface area contributed by atoms with E-state index in [1.165, 1.54) is 4.90 Å².